The van der Waals surface area contributed by atoms with E-state index < -0.39 is 5.97 Å². The van der Waals surface area contributed by atoms with Crippen LogP contribution in [0.25, 0.3) is 0 Å². The summed E-state index contributed by atoms with van der Waals surface area (Å²) < 4.78 is 0. The Morgan fingerprint density at radius 3 is 2.86 bits per heavy atom. The minimum Gasteiger partial charge on any atom is -0.286 e. The molecular formula is C11H12O3. The lowest BCUT2D eigenvalue weighted by Crippen LogP contribution is -2.05. The second-order valence-corrected chi connectivity index (χ2v) is 2.65. The van der Waals surface area contributed by atoms with Crippen LogP contribution < -0.4 is 4.89 Å². The van der Waals surface area contributed by atoms with E-state index in [2.05, 4.69) is 11.5 Å². The minimum absolute atomic E-state index is 0.560. The smallest absolute Gasteiger partial charge is 0.286 e. The standard InChI is InChI=1S/C11H12O3/c1-3-9-7-5-6-8-10(9)13-14-11(12)4-2/h4-8H,2-3H2,1H3. The van der Waals surface area contributed by atoms with Gasteiger partial charge in [-0.2, -0.15) is 0 Å². The SMILES string of the molecule is C=CC(=O)OOc1ccccc1CC. The molecule has 1 rings (SSSR count). The number of aryl methyl sites for hydroxylation is 1. The van der Waals surface area contributed by atoms with Crippen LogP contribution in [-0.4, -0.2) is 5.97 Å². The van der Waals surface area contributed by atoms with Gasteiger partial charge in [-0.15, -0.1) is 0 Å². The molecule has 0 saturated carbocycles. The lowest BCUT2D eigenvalue weighted by atomic mass is 10.1. The first-order valence-corrected chi connectivity index (χ1v) is 4.36. The number of hydrogen-bond donors (Lipinski definition) is 0. The average Bonchev–Trinajstić information content (AvgIpc) is 2.26. The summed E-state index contributed by atoms with van der Waals surface area (Å²) in [6.07, 6.45) is 1.87. The molecule has 0 amide bonds. The summed E-state index contributed by atoms with van der Waals surface area (Å²) >= 11 is 0. The first kappa shape index (κ1) is 10.3. The van der Waals surface area contributed by atoms with Gasteiger partial charge in [0.25, 0.3) is 0 Å². The predicted octanol–water partition coefficient (Wildman–Crippen LogP) is 2.27. The molecule has 3 nitrogen and oxygen atoms in total. The summed E-state index contributed by atoms with van der Waals surface area (Å²) in [6, 6.07) is 7.38. The fourth-order valence-electron chi connectivity index (χ4n) is 0.997. The van der Waals surface area contributed by atoms with Gasteiger partial charge in [0.15, 0.2) is 5.75 Å². The topological polar surface area (TPSA) is 35.5 Å². The van der Waals surface area contributed by atoms with Crippen molar-refractivity contribution in [1.29, 1.82) is 0 Å². The van der Waals surface area contributed by atoms with E-state index in [-0.39, 0.29) is 0 Å². The molecule has 3 heteroatoms. The number of benzene rings is 1. The van der Waals surface area contributed by atoms with Crippen LogP contribution in [0.2, 0.25) is 0 Å². The van der Waals surface area contributed by atoms with Crippen molar-refractivity contribution in [3.63, 3.8) is 0 Å². The van der Waals surface area contributed by atoms with Gasteiger partial charge in [-0.1, -0.05) is 31.7 Å². The Hall–Kier alpha value is -1.77. The van der Waals surface area contributed by atoms with Crippen molar-refractivity contribution in [2.45, 2.75) is 13.3 Å². The number of carbonyl (C=O) groups is 1. The maximum atomic E-state index is 10.7. The number of carbonyl (C=O) groups excluding carboxylic acids is 1. The highest BCUT2D eigenvalue weighted by Crippen LogP contribution is 2.18. The number of rotatable bonds is 4. The zero-order valence-electron chi connectivity index (χ0n) is 8.03. The van der Waals surface area contributed by atoms with Crippen molar-refractivity contribution in [1.82, 2.24) is 0 Å². The van der Waals surface area contributed by atoms with E-state index in [1.54, 1.807) is 6.07 Å². The maximum Gasteiger partial charge on any atom is 0.378 e. The van der Waals surface area contributed by atoms with Crippen LogP contribution >= 0.6 is 0 Å². The molecular weight excluding hydrogens is 180 g/mol. The van der Waals surface area contributed by atoms with Crippen LogP contribution in [0.5, 0.6) is 5.75 Å². The van der Waals surface area contributed by atoms with E-state index in [1.165, 1.54) is 0 Å². The second-order valence-electron chi connectivity index (χ2n) is 2.65. The molecule has 0 fully saturated rings. The lowest BCUT2D eigenvalue weighted by molar-refractivity contribution is -0.207. The van der Waals surface area contributed by atoms with Crippen molar-refractivity contribution in [2.75, 3.05) is 0 Å². The normalized spacial score (nSPS) is 9.21. The fraction of sp³-hybridized carbons (Fsp3) is 0.182. The summed E-state index contributed by atoms with van der Waals surface area (Å²) in [4.78, 5) is 20.0. The molecule has 0 bridgehead atoms. The molecule has 0 N–H and O–H groups in total. The van der Waals surface area contributed by atoms with Gasteiger partial charge in [-0.3, -0.25) is 4.89 Å². The highest BCUT2D eigenvalue weighted by atomic mass is 17.2. The van der Waals surface area contributed by atoms with Gasteiger partial charge in [-0.05, 0) is 18.1 Å². The molecule has 0 aromatic heterocycles. The van der Waals surface area contributed by atoms with Crippen molar-refractivity contribution in [3.05, 3.63) is 42.5 Å². The molecule has 0 unspecified atom stereocenters. The Morgan fingerprint density at radius 1 is 1.50 bits per heavy atom. The Labute approximate surface area is 82.9 Å². The Balaban J connectivity index is 2.66. The van der Waals surface area contributed by atoms with E-state index >= 15 is 0 Å². The monoisotopic (exact) mass is 192 g/mol. The summed E-state index contributed by atoms with van der Waals surface area (Å²) in [7, 11) is 0. The van der Waals surface area contributed by atoms with Crippen LogP contribution in [0.4, 0.5) is 0 Å². The molecule has 1 aromatic rings. The van der Waals surface area contributed by atoms with E-state index in [1.807, 2.05) is 25.1 Å². The predicted molar refractivity (Wildman–Crippen MR) is 52.7 cm³/mol. The van der Waals surface area contributed by atoms with Crippen LogP contribution in [0.1, 0.15) is 12.5 Å². The van der Waals surface area contributed by atoms with E-state index in [0.717, 1.165) is 18.1 Å². The van der Waals surface area contributed by atoms with Crippen molar-refractivity contribution < 1.29 is 14.6 Å². The quantitative estimate of drug-likeness (QED) is 0.417. The molecule has 0 spiro atoms. The Bertz CT molecular complexity index is 331. The highest BCUT2D eigenvalue weighted by molar-refractivity contribution is 5.80. The third kappa shape index (κ3) is 2.62. The first-order chi connectivity index (χ1) is 6.77. The zero-order chi connectivity index (χ0) is 10.4. The van der Waals surface area contributed by atoms with E-state index in [0.29, 0.717) is 5.75 Å². The molecule has 0 saturated heterocycles. The molecule has 0 atom stereocenters. The summed E-state index contributed by atoms with van der Waals surface area (Å²) in [5.41, 5.74) is 0.990. The summed E-state index contributed by atoms with van der Waals surface area (Å²) in [6.45, 7) is 5.26. The van der Waals surface area contributed by atoms with Crippen LogP contribution in [0.3, 0.4) is 0 Å². The molecule has 0 heterocycles. The Kier molecular flexibility index (Phi) is 3.73. The molecule has 14 heavy (non-hydrogen) atoms. The fourth-order valence-corrected chi connectivity index (χ4v) is 0.997. The van der Waals surface area contributed by atoms with Gasteiger partial charge in [0.1, 0.15) is 0 Å². The van der Waals surface area contributed by atoms with Crippen LogP contribution in [-0.2, 0) is 16.1 Å². The lowest BCUT2D eigenvalue weighted by Gasteiger charge is -2.06. The Morgan fingerprint density at radius 2 is 2.21 bits per heavy atom. The molecule has 0 aliphatic heterocycles. The van der Waals surface area contributed by atoms with E-state index in [4.69, 9.17) is 4.89 Å². The first-order valence-electron chi connectivity index (χ1n) is 4.36. The van der Waals surface area contributed by atoms with Gasteiger partial charge in [0.2, 0.25) is 0 Å². The van der Waals surface area contributed by atoms with Crippen molar-refractivity contribution in [3.8, 4) is 5.75 Å². The van der Waals surface area contributed by atoms with Gasteiger partial charge >= 0.3 is 5.97 Å². The van der Waals surface area contributed by atoms with Crippen molar-refractivity contribution >= 4 is 5.97 Å². The minimum atomic E-state index is -0.601. The molecule has 0 aliphatic carbocycles. The van der Waals surface area contributed by atoms with Crippen LogP contribution in [0, 0.1) is 0 Å². The highest BCUT2D eigenvalue weighted by Gasteiger charge is 2.03. The molecule has 0 radical (unpaired) electrons. The third-order valence-electron chi connectivity index (χ3n) is 1.73. The van der Waals surface area contributed by atoms with E-state index in [9.17, 15) is 4.79 Å². The molecule has 74 valence electrons. The third-order valence-corrected chi connectivity index (χ3v) is 1.73. The second kappa shape index (κ2) is 5.07. The zero-order valence-corrected chi connectivity index (χ0v) is 8.03. The summed E-state index contributed by atoms with van der Waals surface area (Å²) in [5, 5.41) is 0. The molecule has 1 aromatic carbocycles. The van der Waals surface area contributed by atoms with Crippen molar-refractivity contribution in [2.24, 2.45) is 0 Å². The maximum absolute atomic E-state index is 10.7. The van der Waals surface area contributed by atoms with Gasteiger partial charge in [0, 0.05) is 6.08 Å². The number of hydrogen-bond acceptors (Lipinski definition) is 3. The average molecular weight is 192 g/mol. The molecule has 0 aliphatic rings. The van der Waals surface area contributed by atoms with Crippen LogP contribution in [0.15, 0.2) is 36.9 Å². The van der Waals surface area contributed by atoms with Gasteiger partial charge in [-0.25, -0.2) is 9.68 Å². The largest absolute Gasteiger partial charge is 0.378 e. The van der Waals surface area contributed by atoms with Gasteiger partial charge in [0.05, 0.1) is 0 Å². The van der Waals surface area contributed by atoms with Gasteiger partial charge < -0.3 is 0 Å². The summed E-state index contributed by atoms with van der Waals surface area (Å²) in [5.74, 6) is -0.0406. The number of para-hydroxylation sites is 1.